The quantitative estimate of drug-likeness (QED) is 0.00957. The first kappa shape index (κ1) is 102. The van der Waals surface area contributed by atoms with E-state index in [2.05, 4.69) is 57.3 Å². The molecule has 8 amide bonds. The fourth-order valence-electron chi connectivity index (χ4n) is 13.7. The first-order chi connectivity index (χ1) is 61.6. The molecule has 0 aliphatic rings. The summed E-state index contributed by atoms with van der Waals surface area (Å²) in [7, 11) is -4.01. The fraction of sp³-hybridized carbons (Fsp3) is 0.363. The standard InChI is InChI=1S/C91H112Cl2N14O18S4/c1-56-44-58(3)80(59(4)45-56)128(116,117)106-88(95)97-42-16-23-74(82(94)108)100-86(112)78(54-126-52-65-29-35-68(121-8)36-30-65)104-84(110)75(22-13-14-41-99-90(114)124-49-63-18-11-10-12-19-63)101-83(109)76(24-17-43-98-89(96)107-129(118,119)81-60(5)46-57(2)47-61(81)6)102-85(111)77(48-62-25-39-70(40-26-62)123-51-71-72(92)20-15-21-73(71)93)103-87(113)79(55-127-53-66-31-37-69(122-9)38-32-66)105-91(115)125-50-64-27-33-67(120-7)34-28-64/h10-12,15,18-21,25-40,44-47,74-79H,13-14,16-17,22-24,41-43,48-55H2,1-9H3,(H2,94,108)(H,99,114)(H,100,112)(H,101,109)(H,102,111)(H,103,113)(H,104,110)(H,105,115)(H3,95,97,106)(H3,96,98,107)/t74-,75-,76-,77-,78-,79-/m0/s1. The Hall–Kier alpha value is -12.0. The summed E-state index contributed by atoms with van der Waals surface area (Å²) in [5.74, 6) is -4.35. The van der Waals surface area contributed by atoms with Crippen LogP contribution >= 0.6 is 46.7 Å². The molecule has 38 heteroatoms. The topological polar surface area (TPSA) is 466 Å². The molecule has 0 spiro atoms. The zero-order valence-electron chi connectivity index (χ0n) is 73.2. The number of rotatable bonds is 49. The summed E-state index contributed by atoms with van der Waals surface area (Å²) in [6, 6.07) is 39.2. The summed E-state index contributed by atoms with van der Waals surface area (Å²) < 4.78 is 92.5. The van der Waals surface area contributed by atoms with Crippen LogP contribution in [0.2, 0.25) is 10.0 Å². The third-order valence-corrected chi connectivity index (χ3v) is 26.4. The summed E-state index contributed by atoms with van der Waals surface area (Å²) in [6.45, 7) is 9.63. The van der Waals surface area contributed by atoms with Gasteiger partial charge in [0.2, 0.25) is 47.4 Å². The first-order valence-corrected chi connectivity index (χ1v) is 47.4. The van der Waals surface area contributed by atoms with E-state index in [-0.39, 0.29) is 118 Å². The van der Waals surface area contributed by atoms with Crippen molar-refractivity contribution in [3.05, 3.63) is 247 Å². The van der Waals surface area contributed by atoms with Crippen LogP contribution in [0.5, 0.6) is 23.0 Å². The highest BCUT2D eigenvalue weighted by Crippen LogP contribution is 2.29. The molecule has 32 nitrogen and oxygen atoms in total. The largest absolute Gasteiger partial charge is 0.497 e. The molecule has 0 heterocycles. The Bertz CT molecular complexity index is 5340. The van der Waals surface area contributed by atoms with Gasteiger partial charge in [0.25, 0.3) is 20.0 Å². The van der Waals surface area contributed by atoms with Crippen molar-refractivity contribution in [2.45, 2.75) is 170 Å². The SMILES string of the molecule is COc1ccc(COC(=O)N[C@@H](CSCc2ccc(OC)cc2)C(=O)N[C@@H](Cc2ccc(OCc3c(Cl)cccc3Cl)cc2)C(=O)N[C@@H](CCCNC(=N)NS(=O)(=O)c2c(C)cc(C)cc2C)C(=O)N[C@@H](CCCCNC(=O)OCc2ccccc2)C(=O)N[C@@H](CSCc2ccc(OC)cc2)C(=O)N[C@@H](CCCNC(=N)NS(=O)(=O)c2c(C)cc(C)cc2C)C(N)=O)cc1. The summed E-state index contributed by atoms with van der Waals surface area (Å²) >= 11 is 15.5. The molecule has 0 saturated heterocycles. The van der Waals surface area contributed by atoms with Crippen LogP contribution in [-0.4, -0.2) is 165 Å². The molecule has 0 saturated carbocycles. The number of guanidine groups is 2. The van der Waals surface area contributed by atoms with E-state index in [9.17, 15) is 36.0 Å². The van der Waals surface area contributed by atoms with Gasteiger partial charge in [0.05, 0.1) is 31.1 Å². The van der Waals surface area contributed by atoms with Gasteiger partial charge in [-0.15, -0.1) is 0 Å². The van der Waals surface area contributed by atoms with Gasteiger partial charge in [-0.2, -0.15) is 23.5 Å². The van der Waals surface area contributed by atoms with Crippen LogP contribution in [0.3, 0.4) is 0 Å². The lowest BCUT2D eigenvalue weighted by Crippen LogP contribution is -2.60. The zero-order valence-corrected chi connectivity index (χ0v) is 78.0. The number of primary amides is 1. The first-order valence-electron chi connectivity index (χ1n) is 41.3. The Morgan fingerprint density at radius 3 is 1.22 bits per heavy atom. The predicted octanol–water partition coefficient (Wildman–Crippen LogP) is 10.7. The molecule has 8 aromatic carbocycles. The van der Waals surface area contributed by atoms with Gasteiger partial charge >= 0.3 is 12.2 Å². The van der Waals surface area contributed by atoms with Crippen molar-refractivity contribution < 1.29 is 83.6 Å². The molecule has 0 radical (unpaired) electrons. The third kappa shape index (κ3) is 33.9. The minimum Gasteiger partial charge on any atom is -0.497 e. The van der Waals surface area contributed by atoms with Gasteiger partial charge in [0, 0.05) is 64.7 Å². The normalized spacial score (nSPS) is 12.6. The average molecular weight is 1890 g/mol. The van der Waals surface area contributed by atoms with Crippen molar-refractivity contribution >= 4 is 126 Å². The second-order valence-corrected chi connectivity index (χ2v) is 36.5. The van der Waals surface area contributed by atoms with Crippen LogP contribution in [0, 0.1) is 52.4 Å². The number of nitrogens with one attached hydrogen (secondary N) is 13. The second-order valence-electron chi connectivity index (χ2n) is 30.4. The maximum Gasteiger partial charge on any atom is 0.408 e. The second kappa shape index (κ2) is 51.3. The maximum atomic E-state index is 15.7. The maximum absolute atomic E-state index is 15.7. The monoisotopic (exact) mass is 1890 g/mol. The number of thioether (sulfide) groups is 2. The molecule has 6 atom stereocenters. The van der Waals surface area contributed by atoms with Crippen molar-refractivity contribution in [3.63, 3.8) is 0 Å². The van der Waals surface area contributed by atoms with Gasteiger partial charge in [-0.3, -0.25) is 39.6 Å². The van der Waals surface area contributed by atoms with Gasteiger partial charge in [0.1, 0.15) is 79.1 Å². The van der Waals surface area contributed by atoms with E-state index in [1.807, 2.05) is 32.0 Å². The summed E-state index contributed by atoms with van der Waals surface area (Å²) in [5.41, 5.74) is 13.3. The lowest BCUT2D eigenvalue weighted by atomic mass is 10.0. The number of carbonyl (C=O) groups is 8. The Balaban J connectivity index is 1.12. The molecule has 0 aliphatic carbocycles. The molecule has 0 fully saturated rings. The van der Waals surface area contributed by atoms with Crippen LogP contribution < -0.4 is 82.0 Å². The lowest BCUT2D eigenvalue weighted by Gasteiger charge is -2.28. The van der Waals surface area contributed by atoms with Crippen molar-refractivity contribution in [3.8, 4) is 23.0 Å². The van der Waals surface area contributed by atoms with Crippen molar-refractivity contribution in [2.24, 2.45) is 5.73 Å². The van der Waals surface area contributed by atoms with Crippen LogP contribution in [-0.2, 0) is 96.0 Å². The number of hydrogen-bond donors (Lipinski definition) is 14. The molecule has 0 bridgehead atoms. The van der Waals surface area contributed by atoms with Gasteiger partial charge < -0.3 is 82.0 Å². The number of amides is 8. The van der Waals surface area contributed by atoms with Gasteiger partial charge in [-0.1, -0.05) is 144 Å². The number of benzene rings is 8. The fourth-order valence-corrected chi connectivity index (χ4v) is 19.1. The highest BCUT2D eigenvalue weighted by Gasteiger charge is 2.35. The minimum atomic E-state index is -4.35. The number of ether oxygens (including phenoxy) is 6. The van der Waals surface area contributed by atoms with Gasteiger partial charge in [0.15, 0.2) is 0 Å². The number of hydrogen-bond acceptors (Lipinski definition) is 22. The molecule has 8 aromatic rings. The van der Waals surface area contributed by atoms with E-state index >= 15 is 19.2 Å². The van der Waals surface area contributed by atoms with Crippen molar-refractivity contribution in [1.82, 2.24) is 57.3 Å². The van der Waals surface area contributed by atoms with E-state index in [4.69, 9.17) is 68.2 Å². The number of halogens is 2. The minimum absolute atomic E-state index is 0.00860. The number of sulfonamides is 2. The third-order valence-electron chi connectivity index (χ3n) is 20.1. The zero-order chi connectivity index (χ0) is 93.7. The van der Waals surface area contributed by atoms with Crippen LogP contribution in [0.25, 0.3) is 0 Å². The Labute approximate surface area is 771 Å². The van der Waals surface area contributed by atoms with E-state index in [1.165, 1.54) is 44.9 Å². The molecule has 0 unspecified atom stereocenters. The highest BCUT2D eigenvalue weighted by molar-refractivity contribution is 7.98. The number of carbonyl (C=O) groups excluding carboxylic acids is 8. The van der Waals surface area contributed by atoms with Crippen LogP contribution in [0.4, 0.5) is 9.59 Å². The number of alkyl carbamates (subject to hydrolysis) is 2. The molecule has 8 rings (SSSR count). The average Bonchev–Trinajstić information content (AvgIpc) is 0.798. The number of aryl methyl sites for hydroxylation is 6. The number of nitrogens with two attached hydrogens (primary N) is 1. The summed E-state index contributed by atoms with van der Waals surface area (Å²) in [4.78, 5) is 117. The number of unbranched alkanes of at least 4 members (excludes halogenated alkanes) is 1. The Morgan fingerprint density at radius 1 is 0.395 bits per heavy atom. The lowest BCUT2D eigenvalue weighted by molar-refractivity contribution is -0.135. The Kier molecular flexibility index (Phi) is 40.7. The van der Waals surface area contributed by atoms with E-state index < -0.39 is 116 Å². The molecule has 129 heavy (non-hydrogen) atoms. The summed E-state index contributed by atoms with van der Waals surface area (Å²) in [5, 5.41) is 42.7. The van der Waals surface area contributed by atoms with Crippen molar-refractivity contribution in [2.75, 3.05) is 52.5 Å². The molecule has 15 N–H and O–H groups in total. The van der Waals surface area contributed by atoms with E-state index in [0.717, 1.165) is 27.8 Å². The highest BCUT2D eigenvalue weighted by atomic mass is 35.5. The molecule has 692 valence electrons. The summed E-state index contributed by atoms with van der Waals surface area (Å²) in [6.07, 6.45) is -2.47. The molecule has 0 aliphatic heterocycles. The van der Waals surface area contributed by atoms with Crippen molar-refractivity contribution in [1.29, 1.82) is 10.8 Å². The molecular formula is C91H112Cl2N14O18S4. The van der Waals surface area contributed by atoms with Gasteiger partial charge in [-0.05, 0) is 197 Å². The van der Waals surface area contributed by atoms with Crippen LogP contribution in [0.15, 0.2) is 180 Å². The number of methoxy groups -OCH3 is 3. The van der Waals surface area contributed by atoms with E-state index in [0.29, 0.717) is 77.7 Å². The Morgan fingerprint density at radius 2 is 0.760 bits per heavy atom. The predicted molar refractivity (Wildman–Crippen MR) is 499 cm³/mol. The van der Waals surface area contributed by atoms with Crippen LogP contribution in [0.1, 0.15) is 112 Å². The van der Waals surface area contributed by atoms with E-state index in [1.54, 1.807) is 179 Å². The van der Waals surface area contributed by atoms with Gasteiger partial charge in [-0.25, -0.2) is 35.9 Å². The molecular weight excluding hydrogens is 1780 g/mol. The molecule has 0 aromatic heterocycles. The smallest absolute Gasteiger partial charge is 0.408 e.